The molecular formula is C18H25N3S. The van der Waals surface area contributed by atoms with Gasteiger partial charge < -0.3 is 10.2 Å². The number of nitrogens with one attached hydrogen (secondary N) is 1. The number of rotatable bonds is 7. The van der Waals surface area contributed by atoms with Crippen LogP contribution in [0.25, 0.3) is 0 Å². The fourth-order valence-electron chi connectivity index (χ4n) is 3.17. The molecule has 0 amide bonds. The SMILES string of the molecule is c1ccc(CC2CCN(CCCNc3nccs3)CC2)cc1. The van der Waals surface area contributed by atoms with E-state index in [1.807, 2.05) is 11.6 Å². The van der Waals surface area contributed by atoms with Crippen LogP contribution in [-0.2, 0) is 6.42 Å². The van der Waals surface area contributed by atoms with Crippen LogP contribution in [0.3, 0.4) is 0 Å². The number of hydrogen-bond acceptors (Lipinski definition) is 4. The molecule has 0 saturated carbocycles. The molecule has 2 heterocycles. The van der Waals surface area contributed by atoms with Crippen LogP contribution in [0.5, 0.6) is 0 Å². The van der Waals surface area contributed by atoms with Crippen molar-refractivity contribution in [2.45, 2.75) is 25.7 Å². The van der Waals surface area contributed by atoms with E-state index in [9.17, 15) is 0 Å². The summed E-state index contributed by atoms with van der Waals surface area (Å²) in [7, 11) is 0. The van der Waals surface area contributed by atoms with E-state index in [-0.39, 0.29) is 0 Å². The summed E-state index contributed by atoms with van der Waals surface area (Å²) in [6.45, 7) is 4.75. The summed E-state index contributed by atoms with van der Waals surface area (Å²) < 4.78 is 0. The lowest BCUT2D eigenvalue weighted by Crippen LogP contribution is -2.35. The van der Waals surface area contributed by atoms with E-state index in [1.54, 1.807) is 11.3 Å². The Kier molecular flexibility index (Phi) is 5.85. The molecule has 22 heavy (non-hydrogen) atoms. The number of thiazole rings is 1. The molecule has 1 fully saturated rings. The lowest BCUT2D eigenvalue weighted by atomic mass is 9.90. The second-order valence-electron chi connectivity index (χ2n) is 6.09. The number of aromatic nitrogens is 1. The van der Waals surface area contributed by atoms with E-state index in [0.29, 0.717) is 0 Å². The van der Waals surface area contributed by atoms with Crippen molar-refractivity contribution in [1.29, 1.82) is 0 Å². The van der Waals surface area contributed by atoms with Gasteiger partial charge in [-0.05, 0) is 56.8 Å². The molecule has 1 aromatic heterocycles. The van der Waals surface area contributed by atoms with Crippen LogP contribution in [0, 0.1) is 5.92 Å². The molecule has 0 bridgehead atoms. The summed E-state index contributed by atoms with van der Waals surface area (Å²) in [6, 6.07) is 10.9. The van der Waals surface area contributed by atoms with Crippen molar-refractivity contribution in [3.8, 4) is 0 Å². The molecule has 2 aromatic rings. The Balaban J connectivity index is 1.30. The monoisotopic (exact) mass is 315 g/mol. The van der Waals surface area contributed by atoms with Gasteiger partial charge in [-0.25, -0.2) is 4.98 Å². The van der Waals surface area contributed by atoms with Gasteiger partial charge >= 0.3 is 0 Å². The zero-order valence-electron chi connectivity index (χ0n) is 13.1. The Hall–Kier alpha value is -1.39. The predicted molar refractivity (Wildman–Crippen MR) is 94.5 cm³/mol. The molecule has 1 saturated heterocycles. The number of piperidine rings is 1. The third-order valence-corrected chi connectivity index (χ3v) is 5.16. The Morgan fingerprint density at radius 2 is 2.00 bits per heavy atom. The van der Waals surface area contributed by atoms with Gasteiger partial charge in [-0.3, -0.25) is 0 Å². The summed E-state index contributed by atoms with van der Waals surface area (Å²) in [6.07, 6.45) is 6.98. The lowest BCUT2D eigenvalue weighted by molar-refractivity contribution is 0.183. The summed E-state index contributed by atoms with van der Waals surface area (Å²) in [5.41, 5.74) is 1.49. The zero-order valence-corrected chi connectivity index (χ0v) is 13.9. The maximum absolute atomic E-state index is 4.24. The van der Waals surface area contributed by atoms with Crippen molar-refractivity contribution in [3.63, 3.8) is 0 Å². The van der Waals surface area contributed by atoms with Crippen molar-refractivity contribution in [1.82, 2.24) is 9.88 Å². The highest BCUT2D eigenvalue weighted by Crippen LogP contribution is 2.21. The van der Waals surface area contributed by atoms with Crippen LogP contribution in [0.1, 0.15) is 24.8 Å². The van der Waals surface area contributed by atoms with Gasteiger partial charge in [0.05, 0.1) is 0 Å². The van der Waals surface area contributed by atoms with Crippen molar-refractivity contribution < 1.29 is 0 Å². The summed E-state index contributed by atoms with van der Waals surface area (Å²) in [5.74, 6) is 0.868. The van der Waals surface area contributed by atoms with Crippen molar-refractivity contribution in [3.05, 3.63) is 47.5 Å². The van der Waals surface area contributed by atoms with E-state index in [1.165, 1.54) is 50.9 Å². The van der Waals surface area contributed by atoms with Gasteiger partial charge in [0.15, 0.2) is 5.13 Å². The molecule has 0 unspecified atom stereocenters. The highest BCUT2D eigenvalue weighted by atomic mass is 32.1. The molecule has 0 aliphatic carbocycles. The molecule has 1 aliphatic rings. The molecule has 118 valence electrons. The van der Waals surface area contributed by atoms with Gasteiger partial charge in [-0.15, -0.1) is 11.3 Å². The van der Waals surface area contributed by atoms with Crippen molar-refractivity contribution in [2.24, 2.45) is 5.92 Å². The van der Waals surface area contributed by atoms with Crippen LogP contribution in [0.2, 0.25) is 0 Å². The first-order valence-corrected chi connectivity index (χ1v) is 9.18. The van der Waals surface area contributed by atoms with Crippen molar-refractivity contribution in [2.75, 3.05) is 31.5 Å². The van der Waals surface area contributed by atoms with Crippen molar-refractivity contribution >= 4 is 16.5 Å². The van der Waals surface area contributed by atoms with Crippen LogP contribution < -0.4 is 5.32 Å². The zero-order chi connectivity index (χ0) is 15.0. The number of nitrogens with zero attached hydrogens (tertiary/aromatic N) is 2. The first kappa shape index (κ1) is 15.5. The maximum atomic E-state index is 4.24. The highest BCUT2D eigenvalue weighted by molar-refractivity contribution is 7.13. The third kappa shape index (κ3) is 4.82. The largest absolute Gasteiger partial charge is 0.361 e. The van der Waals surface area contributed by atoms with Gasteiger partial charge in [0.25, 0.3) is 0 Å². The lowest BCUT2D eigenvalue weighted by Gasteiger charge is -2.32. The number of benzene rings is 1. The highest BCUT2D eigenvalue weighted by Gasteiger charge is 2.18. The Bertz CT molecular complexity index is 519. The van der Waals surface area contributed by atoms with Crippen LogP contribution in [0.15, 0.2) is 41.9 Å². The molecule has 1 N–H and O–H groups in total. The summed E-state index contributed by atoms with van der Waals surface area (Å²) in [5, 5.41) is 6.44. The third-order valence-electron chi connectivity index (χ3n) is 4.43. The van der Waals surface area contributed by atoms with Crippen LogP contribution in [0.4, 0.5) is 5.13 Å². The van der Waals surface area contributed by atoms with Gasteiger partial charge in [-0.1, -0.05) is 30.3 Å². The Labute approximate surface area is 137 Å². The van der Waals surface area contributed by atoms with Gasteiger partial charge in [0.1, 0.15) is 0 Å². The molecule has 1 aromatic carbocycles. The maximum Gasteiger partial charge on any atom is 0.182 e. The van der Waals surface area contributed by atoms with E-state index in [2.05, 4.69) is 45.5 Å². The second-order valence-corrected chi connectivity index (χ2v) is 6.99. The van der Waals surface area contributed by atoms with Gasteiger partial charge in [-0.2, -0.15) is 0 Å². The topological polar surface area (TPSA) is 28.2 Å². The quantitative estimate of drug-likeness (QED) is 0.786. The van der Waals surface area contributed by atoms with Crippen LogP contribution >= 0.6 is 11.3 Å². The van der Waals surface area contributed by atoms with E-state index < -0.39 is 0 Å². The Morgan fingerprint density at radius 3 is 2.73 bits per heavy atom. The molecule has 0 atom stereocenters. The normalized spacial score (nSPS) is 16.7. The predicted octanol–water partition coefficient (Wildman–Crippen LogP) is 3.90. The first-order chi connectivity index (χ1) is 10.9. The van der Waals surface area contributed by atoms with Crippen LogP contribution in [-0.4, -0.2) is 36.1 Å². The molecule has 3 rings (SSSR count). The van der Waals surface area contributed by atoms with Gasteiger partial charge in [0, 0.05) is 18.1 Å². The average molecular weight is 315 g/mol. The fourth-order valence-corrected chi connectivity index (χ4v) is 3.73. The number of anilines is 1. The van der Waals surface area contributed by atoms with E-state index >= 15 is 0 Å². The number of likely N-dealkylation sites (tertiary alicyclic amines) is 1. The molecule has 0 spiro atoms. The van der Waals surface area contributed by atoms with E-state index in [4.69, 9.17) is 0 Å². The molecule has 0 radical (unpaired) electrons. The fraction of sp³-hybridized carbons (Fsp3) is 0.500. The standard InChI is InChI=1S/C18H25N3S/c1-2-5-16(6-3-1)15-17-7-12-21(13-8-17)11-4-9-19-18-20-10-14-22-18/h1-3,5-6,10,14,17H,4,7-9,11-13,15H2,(H,19,20). The molecule has 1 aliphatic heterocycles. The van der Waals surface area contributed by atoms with E-state index in [0.717, 1.165) is 17.6 Å². The minimum absolute atomic E-state index is 0.868. The summed E-state index contributed by atoms with van der Waals surface area (Å²) >= 11 is 1.67. The average Bonchev–Trinajstić information content (AvgIpc) is 3.07. The molecule has 3 nitrogen and oxygen atoms in total. The Morgan fingerprint density at radius 1 is 1.18 bits per heavy atom. The summed E-state index contributed by atoms with van der Waals surface area (Å²) in [4.78, 5) is 6.86. The molecular weight excluding hydrogens is 290 g/mol. The minimum Gasteiger partial charge on any atom is -0.361 e. The smallest absolute Gasteiger partial charge is 0.182 e. The minimum atomic E-state index is 0.868. The second kappa shape index (κ2) is 8.30. The molecule has 4 heteroatoms. The number of hydrogen-bond donors (Lipinski definition) is 1. The first-order valence-electron chi connectivity index (χ1n) is 8.30. The van der Waals surface area contributed by atoms with Gasteiger partial charge in [0.2, 0.25) is 0 Å².